The molecular formula is C16H24N4O4S. The van der Waals surface area contributed by atoms with Crippen molar-refractivity contribution in [2.24, 2.45) is 0 Å². The lowest BCUT2D eigenvalue weighted by atomic mass is 10.3. The van der Waals surface area contributed by atoms with Gasteiger partial charge in [-0.2, -0.15) is 0 Å². The summed E-state index contributed by atoms with van der Waals surface area (Å²) in [6.07, 6.45) is 5.75. The lowest BCUT2D eigenvalue weighted by molar-refractivity contribution is -0.129. The van der Waals surface area contributed by atoms with E-state index in [9.17, 15) is 13.2 Å². The highest BCUT2D eigenvalue weighted by Crippen LogP contribution is 2.30. The Hall–Kier alpha value is -1.87. The van der Waals surface area contributed by atoms with Crippen LogP contribution in [0.4, 0.5) is 5.82 Å². The first kappa shape index (κ1) is 17.9. The zero-order valence-corrected chi connectivity index (χ0v) is 15.2. The zero-order valence-electron chi connectivity index (χ0n) is 14.3. The van der Waals surface area contributed by atoms with E-state index in [4.69, 9.17) is 4.74 Å². The van der Waals surface area contributed by atoms with Gasteiger partial charge in [-0.25, -0.2) is 18.1 Å². The van der Waals surface area contributed by atoms with Crippen molar-refractivity contribution in [2.75, 3.05) is 43.9 Å². The number of hydrogen-bond donors (Lipinski definition) is 1. The highest BCUT2D eigenvalue weighted by Gasteiger charge is 2.29. The first-order chi connectivity index (χ1) is 11.9. The van der Waals surface area contributed by atoms with Crippen molar-refractivity contribution in [3.8, 4) is 5.75 Å². The molecule has 0 aromatic carbocycles. The molecule has 1 N–H and O–H groups in total. The number of nitrogens with zero attached hydrogens (tertiary/aromatic N) is 3. The van der Waals surface area contributed by atoms with Gasteiger partial charge < -0.3 is 14.5 Å². The molecule has 2 fully saturated rings. The van der Waals surface area contributed by atoms with Gasteiger partial charge in [-0.15, -0.1) is 0 Å². The minimum atomic E-state index is -3.37. The second-order valence-electron chi connectivity index (χ2n) is 6.48. The van der Waals surface area contributed by atoms with Gasteiger partial charge in [0.1, 0.15) is 6.10 Å². The number of hydrogen-bond acceptors (Lipinski definition) is 6. The Balaban J connectivity index is 1.57. The van der Waals surface area contributed by atoms with Crippen molar-refractivity contribution in [2.45, 2.75) is 25.4 Å². The average Bonchev–Trinajstić information content (AvgIpc) is 3.24. The number of rotatable bonds is 6. The van der Waals surface area contributed by atoms with Crippen molar-refractivity contribution >= 4 is 21.7 Å². The molecule has 138 valence electrons. The molecule has 2 aliphatic heterocycles. The maximum atomic E-state index is 12.1. The molecule has 3 rings (SSSR count). The van der Waals surface area contributed by atoms with E-state index >= 15 is 0 Å². The van der Waals surface area contributed by atoms with Crippen molar-refractivity contribution < 1.29 is 17.9 Å². The van der Waals surface area contributed by atoms with Gasteiger partial charge in [-0.05, 0) is 25.0 Å². The van der Waals surface area contributed by atoms with Crippen LogP contribution in [-0.4, -0.2) is 69.3 Å². The summed E-state index contributed by atoms with van der Waals surface area (Å²) in [4.78, 5) is 20.4. The lowest BCUT2D eigenvalue weighted by Crippen LogP contribution is -2.39. The molecule has 9 heteroatoms. The molecule has 25 heavy (non-hydrogen) atoms. The van der Waals surface area contributed by atoms with Crippen LogP contribution in [0.1, 0.15) is 19.3 Å². The summed E-state index contributed by atoms with van der Waals surface area (Å²) in [5, 5.41) is 0. The Kier molecular flexibility index (Phi) is 5.43. The minimum absolute atomic E-state index is 0.104. The molecule has 1 atom stereocenters. The van der Waals surface area contributed by atoms with E-state index in [1.54, 1.807) is 11.1 Å². The van der Waals surface area contributed by atoms with Crippen LogP contribution in [-0.2, 0) is 14.8 Å². The third kappa shape index (κ3) is 4.82. The average molecular weight is 368 g/mol. The van der Waals surface area contributed by atoms with Gasteiger partial charge in [0.2, 0.25) is 15.9 Å². The number of anilines is 1. The fourth-order valence-electron chi connectivity index (χ4n) is 3.18. The number of sulfonamides is 1. The second kappa shape index (κ2) is 7.57. The first-order valence-electron chi connectivity index (χ1n) is 8.51. The molecule has 0 saturated carbocycles. The Bertz CT molecular complexity index is 719. The van der Waals surface area contributed by atoms with Crippen LogP contribution in [0.5, 0.6) is 5.75 Å². The summed E-state index contributed by atoms with van der Waals surface area (Å²) in [6, 6.07) is 3.76. The molecule has 0 bridgehead atoms. The predicted octanol–water partition coefficient (Wildman–Crippen LogP) is 0.211. The zero-order chi connectivity index (χ0) is 17.9. The third-order valence-corrected chi connectivity index (χ3v) is 5.10. The van der Waals surface area contributed by atoms with Crippen LogP contribution in [0.3, 0.4) is 0 Å². The van der Waals surface area contributed by atoms with Gasteiger partial charge >= 0.3 is 0 Å². The number of aromatic nitrogens is 1. The van der Waals surface area contributed by atoms with E-state index < -0.39 is 10.0 Å². The summed E-state index contributed by atoms with van der Waals surface area (Å²) in [5.41, 5.74) is 0. The van der Waals surface area contributed by atoms with E-state index in [1.807, 2.05) is 12.1 Å². The molecule has 3 heterocycles. The van der Waals surface area contributed by atoms with E-state index in [2.05, 4.69) is 14.6 Å². The Morgan fingerprint density at radius 3 is 2.84 bits per heavy atom. The fourth-order valence-corrected chi connectivity index (χ4v) is 3.56. The van der Waals surface area contributed by atoms with Crippen LogP contribution in [0.15, 0.2) is 18.3 Å². The van der Waals surface area contributed by atoms with Crippen molar-refractivity contribution in [1.82, 2.24) is 14.6 Å². The molecule has 2 saturated heterocycles. The molecule has 1 amide bonds. The van der Waals surface area contributed by atoms with Gasteiger partial charge in [0, 0.05) is 32.3 Å². The molecule has 1 unspecified atom stereocenters. The van der Waals surface area contributed by atoms with Gasteiger partial charge in [0.15, 0.2) is 11.6 Å². The topological polar surface area (TPSA) is 91.8 Å². The van der Waals surface area contributed by atoms with Crippen molar-refractivity contribution in [3.63, 3.8) is 0 Å². The molecule has 1 aromatic rings. The quantitative estimate of drug-likeness (QED) is 0.772. The Morgan fingerprint density at radius 2 is 2.12 bits per heavy atom. The van der Waals surface area contributed by atoms with Gasteiger partial charge in [-0.1, -0.05) is 0 Å². The normalized spacial score (nSPS) is 20.9. The minimum Gasteiger partial charge on any atom is -0.485 e. The number of nitrogens with one attached hydrogen (secondary N) is 1. The molecule has 0 spiro atoms. The predicted molar refractivity (Wildman–Crippen MR) is 94.1 cm³/mol. The largest absolute Gasteiger partial charge is 0.485 e. The van der Waals surface area contributed by atoms with Crippen molar-refractivity contribution in [1.29, 1.82) is 0 Å². The van der Waals surface area contributed by atoms with Crippen LogP contribution in [0.2, 0.25) is 0 Å². The first-order valence-corrected chi connectivity index (χ1v) is 10.4. The van der Waals surface area contributed by atoms with Gasteiger partial charge in [0.05, 0.1) is 19.3 Å². The maximum Gasteiger partial charge on any atom is 0.237 e. The fraction of sp³-hybridized carbons (Fsp3) is 0.625. The summed E-state index contributed by atoms with van der Waals surface area (Å²) in [7, 11) is -3.37. The molecule has 0 aliphatic carbocycles. The molecule has 1 aromatic heterocycles. The molecule has 8 nitrogen and oxygen atoms in total. The smallest absolute Gasteiger partial charge is 0.237 e. The number of pyridine rings is 1. The van der Waals surface area contributed by atoms with E-state index in [-0.39, 0.29) is 18.6 Å². The SMILES string of the molecule is CS(=O)(=O)NCC(=O)N1CCC(Oc2cccnc2N2CCCC2)C1. The van der Waals surface area contributed by atoms with E-state index in [1.165, 1.54) is 0 Å². The number of amides is 1. The van der Waals surface area contributed by atoms with Crippen LogP contribution >= 0.6 is 0 Å². The summed E-state index contributed by atoms with van der Waals surface area (Å²) in [5.74, 6) is 1.38. The van der Waals surface area contributed by atoms with E-state index in [0.29, 0.717) is 13.1 Å². The summed E-state index contributed by atoms with van der Waals surface area (Å²) in [6.45, 7) is 2.78. The molecule has 0 radical (unpaired) electrons. The summed E-state index contributed by atoms with van der Waals surface area (Å²) < 4.78 is 30.5. The number of likely N-dealkylation sites (tertiary alicyclic amines) is 1. The highest BCUT2D eigenvalue weighted by molar-refractivity contribution is 7.88. The van der Waals surface area contributed by atoms with Crippen LogP contribution < -0.4 is 14.4 Å². The van der Waals surface area contributed by atoms with Crippen molar-refractivity contribution in [3.05, 3.63) is 18.3 Å². The monoisotopic (exact) mass is 368 g/mol. The van der Waals surface area contributed by atoms with Gasteiger partial charge in [0.25, 0.3) is 0 Å². The molecular weight excluding hydrogens is 344 g/mol. The molecule has 2 aliphatic rings. The third-order valence-electron chi connectivity index (χ3n) is 4.43. The van der Waals surface area contributed by atoms with Crippen LogP contribution in [0.25, 0.3) is 0 Å². The van der Waals surface area contributed by atoms with Crippen LogP contribution in [0, 0.1) is 0 Å². The Labute approximate surface area is 148 Å². The number of carbonyl (C=O) groups is 1. The highest BCUT2D eigenvalue weighted by atomic mass is 32.2. The number of ether oxygens (including phenoxy) is 1. The van der Waals surface area contributed by atoms with Gasteiger partial charge in [-0.3, -0.25) is 4.79 Å². The lowest BCUT2D eigenvalue weighted by Gasteiger charge is -2.22. The standard InChI is InChI=1S/C16H24N4O4S/c1-25(22,23)18-11-15(21)20-10-6-13(12-20)24-14-5-4-7-17-16(14)19-8-2-3-9-19/h4-5,7,13,18H,2-3,6,8-12H2,1H3. The second-order valence-corrected chi connectivity index (χ2v) is 8.31. The Morgan fingerprint density at radius 1 is 1.36 bits per heavy atom. The number of carbonyl (C=O) groups excluding carboxylic acids is 1. The van der Waals surface area contributed by atoms with E-state index in [0.717, 1.165) is 50.2 Å². The maximum absolute atomic E-state index is 12.1. The summed E-state index contributed by atoms with van der Waals surface area (Å²) >= 11 is 0.